The van der Waals surface area contributed by atoms with E-state index >= 15 is 0 Å². The van der Waals surface area contributed by atoms with Crippen LogP contribution in [0.5, 0.6) is 0 Å². The molecule has 0 aliphatic carbocycles. The molecule has 0 amide bonds. The number of rotatable bonds is 2. The molecule has 2 rings (SSSR count). The van der Waals surface area contributed by atoms with E-state index in [-0.39, 0.29) is 16.3 Å². The molecule has 0 radical (unpaired) electrons. The van der Waals surface area contributed by atoms with Gasteiger partial charge in [-0.05, 0) is 30.3 Å². The molecule has 1 aromatic heterocycles. The predicted molar refractivity (Wildman–Crippen MR) is 59.0 cm³/mol. The fourth-order valence-electron chi connectivity index (χ4n) is 1.32. The quantitative estimate of drug-likeness (QED) is 0.769. The zero-order chi connectivity index (χ0) is 12.4. The highest BCUT2D eigenvalue weighted by atomic mass is 35.5. The molecule has 0 fully saturated rings. The molecule has 0 aliphatic heterocycles. The van der Waals surface area contributed by atoms with Gasteiger partial charge in [0, 0.05) is 5.56 Å². The van der Waals surface area contributed by atoms with Crippen molar-refractivity contribution in [2.75, 3.05) is 0 Å². The number of carbonyl (C=O) groups is 1. The minimum absolute atomic E-state index is 0.00535. The standard InChI is InChI=1S/C12H6ClF2NO/c13-10-3-1-7(14)5-9(10)12(17)11-4-2-8(15)6-16-11/h1-6H. The maximum atomic E-state index is 13.0. The van der Waals surface area contributed by atoms with Crippen molar-refractivity contribution in [3.8, 4) is 0 Å². The Balaban J connectivity index is 2.43. The zero-order valence-corrected chi connectivity index (χ0v) is 9.21. The molecule has 1 heterocycles. The normalized spacial score (nSPS) is 10.3. The summed E-state index contributed by atoms with van der Waals surface area (Å²) in [6, 6.07) is 5.78. The molecular formula is C12H6ClF2NO. The molecule has 0 saturated heterocycles. The Morgan fingerprint density at radius 1 is 1.12 bits per heavy atom. The summed E-state index contributed by atoms with van der Waals surface area (Å²) in [6.45, 7) is 0. The topological polar surface area (TPSA) is 30.0 Å². The maximum Gasteiger partial charge on any atom is 0.212 e. The van der Waals surface area contributed by atoms with E-state index in [0.29, 0.717) is 0 Å². The van der Waals surface area contributed by atoms with E-state index in [2.05, 4.69) is 4.98 Å². The molecule has 5 heteroatoms. The summed E-state index contributed by atoms with van der Waals surface area (Å²) >= 11 is 5.78. The molecule has 1 aromatic carbocycles. The van der Waals surface area contributed by atoms with Gasteiger partial charge < -0.3 is 0 Å². The molecule has 2 aromatic rings. The minimum Gasteiger partial charge on any atom is -0.287 e. The van der Waals surface area contributed by atoms with Gasteiger partial charge >= 0.3 is 0 Å². The first-order valence-electron chi connectivity index (χ1n) is 4.69. The number of halogens is 3. The Labute approximate surface area is 101 Å². The molecule has 17 heavy (non-hydrogen) atoms. The number of carbonyl (C=O) groups excluding carboxylic acids is 1. The van der Waals surface area contributed by atoms with Crippen molar-refractivity contribution in [1.29, 1.82) is 0 Å². The average molecular weight is 254 g/mol. The number of ketones is 1. The zero-order valence-electron chi connectivity index (χ0n) is 8.45. The lowest BCUT2D eigenvalue weighted by Crippen LogP contribution is -2.05. The lowest BCUT2D eigenvalue weighted by atomic mass is 10.1. The first kappa shape index (κ1) is 11.7. The van der Waals surface area contributed by atoms with Gasteiger partial charge in [-0.2, -0.15) is 0 Å². The molecule has 0 atom stereocenters. The molecule has 0 N–H and O–H groups in total. The first-order chi connectivity index (χ1) is 8.08. The van der Waals surface area contributed by atoms with Crippen LogP contribution in [-0.2, 0) is 0 Å². The monoisotopic (exact) mass is 253 g/mol. The number of aromatic nitrogens is 1. The van der Waals surface area contributed by atoms with Crippen molar-refractivity contribution in [3.63, 3.8) is 0 Å². The second-order valence-electron chi connectivity index (χ2n) is 3.31. The summed E-state index contributed by atoms with van der Waals surface area (Å²) in [7, 11) is 0. The summed E-state index contributed by atoms with van der Waals surface area (Å²) in [5, 5.41) is 0.127. The van der Waals surface area contributed by atoms with Gasteiger partial charge in [-0.25, -0.2) is 13.8 Å². The largest absolute Gasteiger partial charge is 0.287 e. The van der Waals surface area contributed by atoms with Crippen molar-refractivity contribution in [2.45, 2.75) is 0 Å². The van der Waals surface area contributed by atoms with Gasteiger partial charge in [0.05, 0.1) is 11.2 Å². The van der Waals surface area contributed by atoms with Crippen LogP contribution in [0.3, 0.4) is 0 Å². The fourth-order valence-corrected chi connectivity index (χ4v) is 1.52. The van der Waals surface area contributed by atoms with Crippen molar-refractivity contribution in [1.82, 2.24) is 4.98 Å². The van der Waals surface area contributed by atoms with Crippen LogP contribution in [0.15, 0.2) is 36.5 Å². The highest BCUT2D eigenvalue weighted by Gasteiger charge is 2.15. The molecule has 0 aliphatic rings. The van der Waals surface area contributed by atoms with Gasteiger partial charge in [-0.1, -0.05) is 11.6 Å². The number of benzene rings is 1. The summed E-state index contributed by atoms with van der Waals surface area (Å²) in [4.78, 5) is 15.5. The molecule has 86 valence electrons. The van der Waals surface area contributed by atoms with Crippen LogP contribution in [0.2, 0.25) is 5.02 Å². The Morgan fingerprint density at radius 3 is 2.47 bits per heavy atom. The number of hydrogen-bond acceptors (Lipinski definition) is 2. The summed E-state index contributed by atoms with van der Waals surface area (Å²) in [5.41, 5.74) is 0.0182. The smallest absolute Gasteiger partial charge is 0.212 e. The van der Waals surface area contributed by atoms with Gasteiger partial charge in [-0.15, -0.1) is 0 Å². The van der Waals surface area contributed by atoms with Gasteiger partial charge in [0.1, 0.15) is 17.3 Å². The summed E-state index contributed by atoms with van der Waals surface area (Å²) < 4.78 is 25.6. The highest BCUT2D eigenvalue weighted by molar-refractivity contribution is 6.34. The van der Waals surface area contributed by atoms with Gasteiger partial charge in [0.15, 0.2) is 0 Å². The molecular weight excluding hydrogens is 248 g/mol. The number of hydrogen-bond donors (Lipinski definition) is 0. The van der Waals surface area contributed by atoms with Crippen LogP contribution in [0.1, 0.15) is 16.1 Å². The van der Waals surface area contributed by atoms with Gasteiger partial charge in [0.2, 0.25) is 5.78 Å². The fraction of sp³-hybridized carbons (Fsp3) is 0. The van der Waals surface area contributed by atoms with Gasteiger partial charge in [0.25, 0.3) is 0 Å². The van der Waals surface area contributed by atoms with Crippen molar-refractivity contribution < 1.29 is 13.6 Å². The Bertz CT molecular complexity index is 569. The van der Waals surface area contributed by atoms with E-state index < -0.39 is 17.4 Å². The molecule has 0 saturated carbocycles. The second kappa shape index (κ2) is 4.59. The van der Waals surface area contributed by atoms with Gasteiger partial charge in [-0.3, -0.25) is 4.79 Å². The lowest BCUT2D eigenvalue weighted by Gasteiger charge is -2.03. The van der Waals surface area contributed by atoms with Crippen LogP contribution in [0.25, 0.3) is 0 Å². The van der Waals surface area contributed by atoms with Crippen LogP contribution >= 0.6 is 11.6 Å². The third-order valence-corrected chi connectivity index (χ3v) is 2.46. The Kier molecular flexibility index (Phi) is 3.15. The van der Waals surface area contributed by atoms with Crippen LogP contribution < -0.4 is 0 Å². The third-order valence-electron chi connectivity index (χ3n) is 2.13. The number of nitrogens with zero attached hydrogens (tertiary/aromatic N) is 1. The van der Waals surface area contributed by atoms with E-state index in [1.54, 1.807) is 0 Å². The highest BCUT2D eigenvalue weighted by Crippen LogP contribution is 2.19. The number of pyridine rings is 1. The maximum absolute atomic E-state index is 13.0. The summed E-state index contributed by atoms with van der Waals surface area (Å²) in [5.74, 6) is -1.67. The van der Waals surface area contributed by atoms with E-state index in [1.165, 1.54) is 12.1 Å². The van der Waals surface area contributed by atoms with E-state index in [9.17, 15) is 13.6 Å². The Morgan fingerprint density at radius 2 is 1.82 bits per heavy atom. The molecule has 0 unspecified atom stereocenters. The molecule has 2 nitrogen and oxygen atoms in total. The Hall–Kier alpha value is -1.81. The molecule has 0 spiro atoms. The van der Waals surface area contributed by atoms with E-state index in [0.717, 1.165) is 24.4 Å². The second-order valence-corrected chi connectivity index (χ2v) is 3.72. The van der Waals surface area contributed by atoms with Crippen molar-refractivity contribution >= 4 is 17.4 Å². The van der Waals surface area contributed by atoms with Crippen molar-refractivity contribution in [2.24, 2.45) is 0 Å². The predicted octanol–water partition coefficient (Wildman–Crippen LogP) is 3.24. The molecule has 0 bridgehead atoms. The first-order valence-corrected chi connectivity index (χ1v) is 5.07. The lowest BCUT2D eigenvalue weighted by molar-refractivity contribution is 0.103. The SMILES string of the molecule is O=C(c1ccc(F)cn1)c1cc(F)ccc1Cl. The third kappa shape index (κ3) is 2.47. The van der Waals surface area contributed by atoms with Crippen LogP contribution in [0.4, 0.5) is 8.78 Å². The van der Waals surface area contributed by atoms with Crippen LogP contribution in [0, 0.1) is 11.6 Å². The minimum atomic E-state index is -0.570. The summed E-state index contributed by atoms with van der Waals surface area (Å²) in [6.07, 6.45) is 0.917. The van der Waals surface area contributed by atoms with Crippen molar-refractivity contribution in [3.05, 3.63) is 64.4 Å². The van der Waals surface area contributed by atoms with E-state index in [4.69, 9.17) is 11.6 Å². The van der Waals surface area contributed by atoms with E-state index in [1.807, 2.05) is 0 Å². The average Bonchev–Trinajstić information content (AvgIpc) is 2.32. The van der Waals surface area contributed by atoms with Crippen LogP contribution in [-0.4, -0.2) is 10.8 Å².